The van der Waals surface area contributed by atoms with Crippen LogP contribution >= 0.6 is 0 Å². The van der Waals surface area contributed by atoms with E-state index in [0.29, 0.717) is 16.7 Å². The Hall–Kier alpha value is -1.82. The van der Waals surface area contributed by atoms with Crippen LogP contribution in [0, 0.1) is 11.6 Å². The second-order valence-electron chi connectivity index (χ2n) is 4.99. The second kappa shape index (κ2) is 5.28. The molecule has 0 saturated carbocycles. The van der Waals surface area contributed by atoms with E-state index in [9.17, 15) is 8.78 Å². The first-order valence-electron chi connectivity index (χ1n) is 6.63. The summed E-state index contributed by atoms with van der Waals surface area (Å²) in [6.07, 6.45) is 3.48. The van der Waals surface area contributed by atoms with Gasteiger partial charge < -0.3 is 10.1 Å². The molecule has 0 amide bonds. The fourth-order valence-electron chi connectivity index (χ4n) is 2.47. The van der Waals surface area contributed by atoms with Gasteiger partial charge in [0.1, 0.15) is 12.1 Å². The van der Waals surface area contributed by atoms with E-state index in [4.69, 9.17) is 4.74 Å². The number of fused-ring (bicyclic) bond motifs is 1. The van der Waals surface area contributed by atoms with Crippen LogP contribution in [0.15, 0.2) is 18.5 Å². The number of benzene rings is 1. The van der Waals surface area contributed by atoms with Crippen molar-refractivity contribution in [2.24, 2.45) is 0 Å². The maximum atomic E-state index is 13.4. The summed E-state index contributed by atoms with van der Waals surface area (Å²) in [5, 5.41) is 3.68. The van der Waals surface area contributed by atoms with Gasteiger partial charge in [0.25, 0.3) is 0 Å². The van der Waals surface area contributed by atoms with Crippen molar-refractivity contribution in [1.29, 1.82) is 0 Å². The van der Waals surface area contributed by atoms with E-state index < -0.39 is 11.6 Å². The first kappa shape index (κ1) is 13.2. The van der Waals surface area contributed by atoms with E-state index in [0.717, 1.165) is 31.6 Å². The Kier molecular flexibility index (Phi) is 3.48. The monoisotopic (exact) mass is 279 g/mol. The Morgan fingerprint density at radius 3 is 2.85 bits per heavy atom. The van der Waals surface area contributed by atoms with Crippen LogP contribution in [0.2, 0.25) is 0 Å². The average molecular weight is 279 g/mol. The lowest BCUT2D eigenvalue weighted by molar-refractivity contribution is 0.0996. The lowest BCUT2D eigenvalue weighted by Crippen LogP contribution is -2.30. The minimum atomic E-state index is -0.908. The summed E-state index contributed by atoms with van der Waals surface area (Å²) in [5.74, 6) is -1.31. The minimum absolute atomic E-state index is 0.0451. The SMILES string of the molecule is C[C@H](Nc1ncnc2cc(F)c(F)cc12)[C@@H]1CCCO1. The van der Waals surface area contributed by atoms with Crippen LogP contribution in [-0.2, 0) is 4.74 Å². The van der Waals surface area contributed by atoms with Crippen LogP contribution in [-0.4, -0.2) is 28.7 Å². The molecule has 2 heterocycles. The molecule has 2 aromatic rings. The molecule has 0 spiro atoms. The molecule has 1 aliphatic rings. The molecular formula is C14H15F2N3O. The van der Waals surface area contributed by atoms with Crippen molar-refractivity contribution in [3.8, 4) is 0 Å². The first-order valence-corrected chi connectivity index (χ1v) is 6.63. The smallest absolute Gasteiger partial charge is 0.161 e. The Morgan fingerprint density at radius 2 is 2.10 bits per heavy atom. The maximum Gasteiger partial charge on any atom is 0.161 e. The quantitative estimate of drug-likeness (QED) is 0.938. The number of rotatable bonds is 3. The third-order valence-electron chi connectivity index (χ3n) is 3.56. The molecule has 1 aromatic carbocycles. The molecule has 3 rings (SSSR count). The van der Waals surface area contributed by atoms with E-state index in [-0.39, 0.29) is 12.1 Å². The van der Waals surface area contributed by atoms with Crippen molar-refractivity contribution in [2.45, 2.75) is 31.9 Å². The molecule has 1 fully saturated rings. The van der Waals surface area contributed by atoms with Gasteiger partial charge in [-0.25, -0.2) is 18.7 Å². The molecule has 1 aromatic heterocycles. The van der Waals surface area contributed by atoms with E-state index in [2.05, 4.69) is 15.3 Å². The predicted molar refractivity (Wildman–Crippen MR) is 71.5 cm³/mol. The van der Waals surface area contributed by atoms with Crippen LogP contribution in [0.1, 0.15) is 19.8 Å². The Morgan fingerprint density at radius 1 is 1.30 bits per heavy atom. The second-order valence-corrected chi connectivity index (χ2v) is 4.99. The van der Waals surface area contributed by atoms with E-state index >= 15 is 0 Å². The zero-order valence-electron chi connectivity index (χ0n) is 11.1. The van der Waals surface area contributed by atoms with Crippen molar-refractivity contribution in [3.05, 3.63) is 30.1 Å². The number of nitrogens with one attached hydrogen (secondary N) is 1. The summed E-state index contributed by atoms with van der Waals surface area (Å²) >= 11 is 0. The molecule has 0 unspecified atom stereocenters. The molecule has 1 saturated heterocycles. The van der Waals surface area contributed by atoms with Gasteiger partial charge in [-0.15, -0.1) is 0 Å². The van der Waals surface area contributed by atoms with Gasteiger partial charge >= 0.3 is 0 Å². The van der Waals surface area contributed by atoms with Gasteiger partial charge in [0.2, 0.25) is 0 Å². The van der Waals surface area contributed by atoms with Crippen LogP contribution in [0.4, 0.5) is 14.6 Å². The third kappa shape index (κ3) is 2.43. The topological polar surface area (TPSA) is 47.0 Å². The van der Waals surface area contributed by atoms with E-state index in [1.165, 1.54) is 6.33 Å². The number of hydrogen-bond donors (Lipinski definition) is 1. The highest BCUT2D eigenvalue weighted by molar-refractivity contribution is 5.88. The number of nitrogens with zero attached hydrogens (tertiary/aromatic N) is 2. The van der Waals surface area contributed by atoms with E-state index in [1.807, 2.05) is 6.92 Å². The highest BCUT2D eigenvalue weighted by Gasteiger charge is 2.23. The van der Waals surface area contributed by atoms with Crippen molar-refractivity contribution < 1.29 is 13.5 Å². The molecule has 0 aliphatic carbocycles. The molecule has 4 nitrogen and oxygen atoms in total. The van der Waals surface area contributed by atoms with Gasteiger partial charge in [0, 0.05) is 18.1 Å². The van der Waals surface area contributed by atoms with Gasteiger partial charge in [0.15, 0.2) is 11.6 Å². The van der Waals surface area contributed by atoms with Gasteiger partial charge in [-0.05, 0) is 25.8 Å². The third-order valence-corrected chi connectivity index (χ3v) is 3.56. The van der Waals surface area contributed by atoms with Gasteiger partial charge in [0.05, 0.1) is 17.7 Å². The van der Waals surface area contributed by atoms with Crippen LogP contribution < -0.4 is 5.32 Å². The number of anilines is 1. The lowest BCUT2D eigenvalue weighted by atomic mass is 10.1. The summed E-state index contributed by atoms with van der Waals surface area (Å²) in [4.78, 5) is 8.08. The summed E-state index contributed by atoms with van der Waals surface area (Å²) in [6.45, 7) is 2.75. The number of ether oxygens (including phenoxy) is 1. The molecule has 20 heavy (non-hydrogen) atoms. The van der Waals surface area contributed by atoms with Crippen LogP contribution in [0.5, 0.6) is 0 Å². The lowest BCUT2D eigenvalue weighted by Gasteiger charge is -2.21. The molecule has 2 atom stereocenters. The molecular weight excluding hydrogens is 264 g/mol. The largest absolute Gasteiger partial charge is 0.376 e. The number of aromatic nitrogens is 2. The molecule has 6 heteroatoms. The van der Waals surface area contributed by atoms with Gasteiger partial charge in [-0.3, -0.25) is 0 Å². The molecule has 0 bridgehead atoms. The molecule has 106 valence electrons. The zero-order chi connectivity index (χ0) is 14.1. The Bertz CT molecular complexity index is 629. The van der Waals surface area contributed by atoms with Crippen molar-refractivity contribution in [3.63, 3.8) is 0 Å². The Balaban J connectivity index is 1.92. The summed E-state index contributed by atoms with van der Waals surface area (Å²) in [6, 6.07) is 2.24. The van der Waals surface area contributed by atoms with E-state index in [1.54, 1.807) is 0 Å². The van der Waals surface area contributed by atoms with Crippen molar-refractivity contribution in [2.75, 3.05) is 11.9 Å². The molecule has 0 radical (unpaired) electrons. The predicted octanol–water partition coefficient (Wildman–Crippen LogP) is 2.89. The van der Waals surface area contributed by atoms with Crippen LogP contribution in [0.3, 0.4) is 0 Å². The van der Waals surface area contributed by atoms with Crippen LogP contribution in [0.25, 0.3) is 10.9 Å². The number of hydrogen-bond acceptors (Lipinski definition) is 4. The minimum Gasteiger partial charge on any atom is -0.376 e. The zero-order valence-corrected chi connectivity index (χ0v) is 11.1. The molecule has 1 N–H and O–H groups in total. The van der Waals surface area contributed by atoms with Gasteiger partial charge in [-0.2, -0.15) is 0 Å². The highest BCUT2D eigenvalue weighted by atomic mass is 19.2. The fraction of sp³-hybridized carbons (Fsp3) is 0.429. The summed E-state index contributed by atoms with van der Waals surface area (Å²) in [7, 11) is 0. The Labute approximate surface area is 115 Å². The highest BCUT2D eigenvalue weighted by Crippen LogP contribution is 2.24. The first-order chi connectivity index (χ1) is 9.65. The standard InChI is InChI=1S/C14H15F2N3O/c1-8(13-3-2-4-20-13)19-14-9-5-10(15)11(16)6-12(9)17-7-18-14/h5-8,13H,2-4H2,1H3,(H,17,18,19)/t8-,13-/m0/s1. The number of halogens is 2. The van der Waals surface area contributed by atoms with Crippen molar-refractivity contribution >= 4 is 16.7 Å². The maximum absolute atomic E-state index is 13.4. The fourth-order valence-corrected chi connectivity index (χ4v) is 2.47. The van der Waals surface area contributed by atoms with Gasteiger partial charge in [-0.1, -0.05) is 0 Å². The summed E-state index contributed by atoms with van der Waals surface area (Å²) in [5.41, 5.74) is 0.376. The van der Waals surface area contributed by atoms with Crippen molar-refractivity contribution in [1.82, 2.24) is 9.97 Å². The summed E-state index contributed by atoms with van der Waals surface area (Å²) < 4.78 is 32.2. The normalized spacial score (nSPS) is 20.2. The average Bonchev–Trinajstić information content (AvgIpc) is 2.95. The molecule has 1 aliphatic heterocycles.